The molecule has 0 saturated carbocycles. The van der Waals surface area contributed by atoms with Gasteiger partial charge in [0.15, 0.2) is 0 Å². The molecule has 0 spiro atoms. The van der Waals surface area contributed by atoms with Gasteiger partial charge in [-0.2, -0.15) is 0 Å². The van der Waals surface area contributed by atoms with Crippen molar-refractivity contribution >= 4 is 6.03 Å². The first-order valence-electron chi connectivity index (χ1n) is 8.37. The van der Waals surface area contributed by atoms with E-state index in [0.717, 1.165) is 26.2 Å². The van der Waals surface area contributed by atoms with Crippen LogP contribution in [0.1, 0.15) is 5.56 Å². The molecule has 134 valence electrons. The predicted octanol–water partition coefficient (Wildman–Crippen LogP) is 0.389. The summed E-state index contributed by atoms with van der Waals surface area (Å²) < 4.78 is 4.96. The molecule has 1 aromatic rings. The summed E-state index contributed by atoms with van der Waals surface area (Å²) in [6.45, 7) is 4.72. The van der Waals surface area contributed by atoms with Crippen LogP contribution in [0.4, 0.5) is 4.79 Å². The number of pyridine rings is 1. The van der Waals surface area contributed by atoms with E-state index in [1.165, 1.54) is 5.56 Å². The second kappa shape index (κ2) is 9.56. The van der Waals surface area contributed by atoms with Gasteiger partial charge in [-0.15, -0.1) is 0 Å². The van der Waals surface area contributed by atoms with Crippen LogP contribution in [-0.4, -0.2) is 80.8 Å². The van der Waals surface area contributed by atoms with Gasteiger partial charge in [-0.3, -0.25) is 9.88 Å². The average molecular weight is 335 g/mol. The quantitative estimate of drug-likeness (QED) is 0.673. The number of nitrogens with zero attached hydrogens (tertiary/aromatic N) is 3. The fourth-order valence-electron chi connectivity index (χ4n) is 3.14. The van der Waals surface area contributed by atoms with Gasteiger partial charge in [0.1, 0.15) is 0 Å². The summed E-state index contributed by atoms with van der Waals surface area (Å²) in [6, 6.07) is 4.11. The third-order valence-corrected chi connectivity index (χ3v) is 4.18. The van der Waals surface area contributed by atoms with E-state index in [9.17, 15) is 4.79 Å². The van der Waals surface area contributed by atoms with E-state index in [1.807, 2.05) is 24.5 Å². The maximum atomic E-state index is 12.1. The Morgan fingerprint density at radius 2 is 2.12 bits per heavy atom. The summed E-state index contributed by atoms with van der Waals surface area (Å²) in [5.41, 5.74) is 1.25. The Morgan fingerprint density at radius 3 is 2.79 bits per heavy atom. The molecule has 2 amide bonds. The van der Waals surface area contributed by atoms with Gasteiger partial charge in [0, 0.05) is 64.2 Å². The van der Waals surface area contributed by atoms with Gasteiger partial charge < -0.3 is 20.3 Å². The molecule has 7 nitrogen and oxygen atoms in total. The van der Waals surface area contributed by atoms with Gasteiger partial charge in [0.05, 0.1) is 6.61 Å². The van der Waals surface area contributed by atoms with E-state index in [0.29, 0.717) is 19.1 Å². The van der Waals surface area contributed by atoms with Crippen molar-refractivity contribution in [2.75, 3.05) is 54.0 Å². The molecule has 0 bridgehead atoms. The molecule has 1 saturated heterocycles. The van der Waals surface area contributed by atoms with Crippen molar-refractivity contribution in [2.24, 2.45) is 5.92 Å². The first kappa shape index (κ1) is 18.6. The van der Waals surface area contributed by atoms with Crippen LogP contribution in [0.3, 0.4) is 0 Å². The van der Waals surface area contributed by atoms with E-state index in [4.69, 9.17) is 4.74 Å². The summed E-state index contributed by atoms with van der Waals surface area (Å²) in [5, 5.41) is 5.96. The first-order valence-corrected chi connectivity index (χ1v) is 8.37. The van der Waals surface area contributed by atoms with Crippen LogP contribution in [0.25, 0.3) is 0 Å². The molecule has 0 unspecified atom stereocenters. The zero-order valence-electron chi connectivity index (χ0n) is 14.9. The summed E-state index contributed by atoms with van der Waals surface area (Å²) in [6.07, 6.45) is 3.64. The number of amides is 2. The second-order valence-electron chi connectivity index (χ2n) is 6.57. The third-order valence-electron chi connectivity index (χ3n) is 4.18. The molecule has 0 aliphatic carbocycles. The Morgan fingerprint density at radius 1 is 1.38 bits per heavy atom. The van der Waals surface area contributed by atoms with Crippen LogP contribution in [0, 0.1) is 5.92 Å². The van der Waals surface area contributed by atoms with E-state index >= 15 is 0 Å². The molecule has 1 aromatic heterocycles. The molecule has 0 radical (unpaired) electrons. The number of aromatic nitrogens is 1. The second-order valence-corrected chi connectivity index (χ2v) is 6.57. The lowest BCUT2D eigenvalue weighted by molar-refractivity contribution is 0.194. The van der Waals surface area contributed by atoms with Crippen LogP contribution in [-0.2, 0) is 11.3 Å². The third kappa shape index (κ3) is 6.07. The predicted molar refractivity (Wildman–Crippen MR) is 93.8 cm³/mol. The van der Waals surface area contributed by atoms with Gasteiger partial charge in [-0.1, -0.05) is 0 Å². The summed E-state index contributed by atoms with van der Waals surface area (Å²) in [7, 11) is 5.77. The molecule has 0 aromatic carbocycles. The van der Waals surface area contributed by atoms with Crippen molar-refractivity contribution in [3.8, 4) is 0 Å². The Labute approximate surface area is 144 Å². The molecule has 1 fully saturated rings. The summed E-state index contributed by atoms with van der Waals surface area (Å²) in [4.78, 5) is 20.7. The summed E-state index contributed by atoms with van der Waals surface area (Å²) >= 11 is 0. The smallest absolute Gasteiger partial charge is 0.315 e. The van der Waals surface area contributed by atoms with Crippen molar-refractivity contribution < 1.29 is 9.53 Å². The Kier molecular flexibility index (Phi) is 7.42. The number of hydrogen-bond donors (Lipinski definition) is 2. The number of hydrogen-bond acceptors (Lipinski definition) is 5. The van der Waals surface area contributed by atoms with Crippen LogP contribution in [0.2, 0.25) is 0 Å². The van der Waals surface area contributed by atoms with Gasteiger partial charge in [0.25, 0.3) is 0 Å². The molecule has 2 atom stereocenters. The number of likely N-dealkylation sites (tertiary alicyclic amines) is 1. The van der Waals surface area contributed by atoms with Crippen LogP contribution < -0.4 is 10.6 Å². The van der Waals surface area contributed by atoms with Crippen LogP contribution >= 0.6 is 0 Å². The van der Waals surface area contributed by atoms with Crippen molar-refractivity contribution in [1.82, 2.24) is 25.4 Å². The number of ether oxygens (including phenoxy) is 1. The Balaban J connectivity index is 1.90. The molecule has 1 aliphatic heterocycles. The number of carbonyl (C=O) groups excluding carboxylic acids is 1. The first-order chi connectivity index (χ1) is 11.6. The Bertz CT molecular complexity index is 497. The Hall–Kier alpha value is -1.70. The van der Waals surface area contributed by atoms with Gasteiger partial charge in [0.2, 0.25) is 0 Å². The normalized spacial score (nSPS) is 21.2. The number of methoxy groups -OCH3 is 1. The average Bonchev–Trinajstić information content (AvgIpc) is 2.89. The lowest BCUT2D eigenvalue weighted by Gasteiger charge is -2.23. The van der Waals surface area contributed by atoms with Crippen molar-refractivity contribution in [3.63, 3.8) is 0 Å². The minimum Gasteiger partial charge on any atom is -0.383 e. The van der Waals surface area contributed by atoms with Crippen molar-refractivity contribution in [3.05, 3.63) is 30.1 Å². The monoisotopic (exact) mass is 335 g/mol. The fourth-order valence-corrected chi connectivity index (χ4v) is 3.14. The largest absolute Gasteiger partial charge is 0.383 e. The highest BCUT2D eigenvalue weighted by molar-refractivity contribution is 5.74. The molecular weight excluding hydrogens is 306 g/mol. The minimum absolute atomic E-state index is 0.119. The molecule has 2 heterocycles. The highest BCUT2D eigenvalue weighted by Crippen LogP contribution is 2.20. The number of rotatable bonds is 8. The molecule has 1 aliphatic rings. The van der Waals surface area contributed by atoms with Crippen molar-refractivity contribution in [2.45, 2.75) is 12.6 Å². The highest BCUT2D eigenvalue weighted by Gasteiger charge is 2.33. The van der Waals surface area contributed by atoms with E-state index in [-0.39, 0.29) is 12.1 Å². The lowest BCUT2D eigenvalue weighted by Crippen LogP contribution is -2.48. The number of urea groups is 1. The maximum Gasteiger partial charge on any atom is 0.315 e. The van der Waals surface area contributed by atoms with E-state index in [2.05, 4.69) is 39.5 Å². The minimum atomic E-state index is -0.119. The molecule has 7 heteroatoms. The van der Waals surface area contributed by atoms with Crippen molar-refractivity contribution in [1.29, 1.82) is 0 Å². The van der Waals surface area contributed by atoms with E-state index < -0.39 is 0 Å². The standard InChI is InChI=1S/C17H29N5O2/c1-21(2)11-15-12-22(10-14-4-6-18-7-5-14)13-16(15)20-17(23)19-8-9-24-3/h4-7,15-16H,8-13H2,1-3H3,(H2,19,20,23)/t15-,16-/m1/s1. The molecule has 2 N–H and O–H groups in total. The van der Waals surface area contributed by atoms with Gasteiger partial charge in [-0.05, 0) is 31.8 Å². The maximum absolute atomic E-state index is 12.1. The van der Waals surface area contributed by atoms with Crippen LogP contribution in [0.15, 0.2) is 24.5 Å². The van der Waals surface area contributed by atoms with Gasteiger partial charge in [-0.25, -0.2) is 4.79 Å². The van der Waals surface area contributed by atoms with E-state index in [1.54, 1.807) is 7.11 Å². The lowest BCUT2D eigenvalue weighted by atomic mass is 10.0. The zero-order valence-corrected chi connectivity index (χ0v) is 14.9. The van der Waals surface area contributed by atoms with Gasteiger partial charge >= 0.3 is 6.03 Å². The highest BCUT2D eigenvalue weighted by atomic mass is 16.5. The molecular formula is C17H29N5O2. The summed E-state index contributed by atoms with van der Waals surface area (Å²) in [5.74, 6) is 0.412. The molecule has 24 heavy (non-hydrogen) atoms. The SMILES string of the molecule is COCCNC(=O)N[C@@H]1CN(Cc2ccncc2)C[C@H]1CN(C)C. The zero-order chi connectivity index (χ0) is 17.4. The number of nitrogens with one attached hydrogen (secondary N) is 2. The fraction of sp³-hybridized carbons (Fsp3) is 0.647. The molecule has 2 rings (SSSR count). The van der Waals surface area contributed by atoms with Crippen LogP contribution in [0.5, 0.6) is 0 Å². The number of carbonyl (C=O) groups is 1. The topological polar surface area (TPSA) is 69.7 Å².